The predicted molar refractivity (Wildman–Crippen MR) is 59.5 cm³/mol. The van der Waals surface area contributed by atoms with E-state index in [1.807, 2.05) is 13.8 Å². The van der Waals surface area contributed by atoms with Crippen molar-refractivity contribution in [3.8, 4) is 0 Å². The average molecular weight is 215 g/mol. The molecule has 0 aliphatic heterocycles. The second-order valence-electron chi connectivity index (χ2n) is 3.17. The molecule has 0 radical (unpaired) electrons. The molecule has 0 heterocycles. The first kappa shape index (κ1) is 13.9. The minimum absolute atomic E-state index is 0.0159. The smallest absolute Gasteiger partial charge is 0.236 e. The van der Waals surface area contributed by atoms with Gasteiger partial charge in [-0.1, -0.05) is 0 Å². The Hall–Kier alpha value is -1.10. The second-order valence-corrected chi connectivity index (χ2v) is 3.17. The summed E-state index contributed by atoms with van der Waals surface area (Å²) in [6.45, 7) is 6.20. The lowest BCUT2D eigenvalue weighted by Gasteiger charge is -2.18. The largest absolute Gasteiger partial charge is 0.359 e. The van der Waals surface area contributed by atoms with E-state index in [9.17, 15) is 9.59 Å². The van der Waals surface area contributed by atoms with Crippen molar-refractivity contribution in [2.75, 3.05) is 33.2 Å². The summed E-state index contributed by atoms with van der Waals surface area (Å²) in [4.78, 5) is 24.1. The Labute approximate surface area is 91.2 Å². The van der Waals surface area contributed by atoms with E-state index in [0.717, 1.165) is 13.1 Å². The van der Waals surface area contributed by atoms with E-state index in [1.54, 1.807) is 11.9 Å². The van der Waals surface area contributed by atoms with Gasteiger partial charge < -0.3 is 15.5 Å². The van der Waals surface area contributed by atoms with Crippen LogP contribution in [0.4, 0.5) is 0 Å². The number of amides is 2. The summed E-state index contributed by atoms with van der Waals surface area (Å²) in [6, 6.07) is 0. The number of carbonyl (C=O) groups excluding carboxylic acids is 2. The standard InChI is InChI=1S/C10H21N3O2/c1-4-13(5-2)10(15)8-12-7-6-9(14)11-3/h12H,4-8H2,1-3H3,(H,11,14). The summed E-state index contributed by atoms with van der Waals surface area (Å²) in [7, 11) is 1.60. The van der Waals surface area contributed by atoms with Crippen LogP contribution in [-0.2, 0) is 9.59 Å². The lowest BCUT2D eigenvalue weighted by molar-refractivity contribution is -0.130. The van der Waals surface area contributed by atoms with E-state index in [0.29, 0.717) is 19.5 Å². The lowest BCUT2D eigenvalue weighted by Crippen LogP contribution is -2.38. The van der Waals surface area contributed by atoms with Crippen LogP contribution in [0, 0.1) is 0 Å². The molecule has 0 aromatic rings. The number of nitrogens with zero attached hydrogens (tertiary/aromatic N) is 1. The van der Waals surface area contributed by atoms with Crippen LogP contribution in [0.2, 0.25) is 0 Å². The molecule has 0 rings (SSSR count). The van der Waals surface area contributed by atoms with Crippen LogP contribution in [0.3, 0.4) is 0 Å². The zero-order valence-corrected chi connectivity index (χ0v) is 9.80. The number of nitrogens with one attached hydrogen (secondary N) is 2. The van der Waals surface area contributed by atoms with Crippen LogP contribution < -0.4 is 10.6 Å². The Balaban J connectivity index is 3.58. The van der Waals surface area contributed by atoms with Crippen LogP contribution >= 0.6 is 0 Å². The van der Waals surface area contributed by atoms with Gasteiger partial charge in [-0.05, 0) is 13.8 Å². The molecule has 2 amide bonds. The van der Waals surface area contributed by atoms with Gasteiger partial charge in [-0.3, -0.25) is 9.59 Å². The van der Waals surface area contributed by atoms with Crippen molar-refractivity contribution in [1.82, 2.24) is 15.5 Å². The van der Waals surface area contributed by atoms with E-state index >= 15 is 0 Å². The van der Waals surface area contributed by atoms with Gasteiger partial charge in [0.15, 0.2) is 0 Å². The highest BCUT2D eigenvalue weighted by molar-refractivity contribution is 5.78. The molecular weight excluding hydrogens is 194 g/mol. The molecule has 0 bridgehead atoms. The molecule has 0 spiro atoms. The first-order chi connectivity index (χ1) is 7.15. The van der Waals surface area contributed by atoms with Crippen LogP contribution in [0.1, 0.15) is 20.3 Å². The zero-order valence-electron chi connectivity index (χ0n) is 9.80. The summed E-state index contributed by atoms with van der Waals surface area (Å²) < 4.78 is 0. The minimum Gasteiger partial charge on any atom is -0.359 e. The topological polar surface area (TPSA) is 61.4 Å². The Kier molecular flexibility index (Phi) is 7.62. The number of hydrogen-bond donors (Lipinski definition) is 2. The van der Waals surface area contributed by atoms with Crippen molar-refractivity contribution in [2.45, 2.75) is 20.3 Å². The molecule has 5 heteroatoms. The number of rotatable bonds is 7. The molecule has 0 atom stereocenters. The molecule has 0 aromatic heterocycles. The quantitative estimate of drug-likeness (QED) is 0.567. The lowest BCUT2D eigenvalue weighted by atomic mass is 10.4. The monoisotopic (exact) mass is 215 g/mol. The maximum Gasteiger partial charge on any atom is 0.236 e. The zero-order chi connectivity index (χ0) is 11.7. The molecule has 5 nitrogen and oxygen atoms in total. The van der Waals surface area contributed by atoms with Crippen LogP contribution in [0.25, 0.3) is 0 Å². The second kappa shape index (κ2) is 8.23. The van der Waals surface area contributed by atoms with Gasteiger partial charge in [0.2, 0.25) is 11.8 Å². The Morgan fingerprint density at radius 2 is 1.80 bits per heavy atom. The van der Waals surface area contributed by atoms with E-state index in [4.69, 9.17) is 0 Å². The fourth-order valence-corrected chi connectivity index (χ4v) is 1.21. The normalized spacial score (nSPS) is 9.80. The first-order valence-corrected chi connectivity index (χ1v) is 5.34. The van der Waals surface area contributed by atoms with Gasteiger partial charge >= 0.3 is 0 Å². The molecule has 0 fully saturated rings. The van der Waals surface area contributed by atoms with Gasteiger partial charge in [-0.15, -0.1) is 0 Å². The highest BCUT2D eigenvalue weighted by Crippen LogP contribution is 1.87. The molecule has 0 saturated heterocycles. The molecule has 0 aromatic carbocycles. The van der Waals surface area contributed by atoms with E-state index in [2.05, 4.69) is 10.6 Å². The summed E-state index contributed by atoms with van der Waals surface area (Å²) >= 11 is 0. The Bertz CT molecular complexity index is 203. The van der Waals surface area contributed by atoms with Crippen molar-refractivity contribution in [1.29, 1.82) is 0 Å². The van der Waals surface area contributed by atoms with Crippen molar-refractivity contribution in [3.63, 3.8) is 0 Å². The Morgan fingerprint density at radius 1 is 1.20 bits per heavy atom. The molecule has 0 unspecified atom stereocenters. The molecule has 0 aliphatic rings. The van der Waals surface area contributed by atoms with Gasteiger partial charge in [0.1, 0.15) is 0 Å². The van der Waals surface area contributed by atoms with Crippen molar-refractivity contribution in [3.05, 3.63) is 0 Å². The maximum atomic E-state index is 11.5. The molecule has 0 saturated carbocycles. The molecule has 88 valence electrons. The van der Waals surface area contributed by atoms with E-state index in [1.165, 1.54) is 0 Å². The molecule has 2 N–H and O–H groups in total. The predicted octanol–water partition coefficient (Wildman–Crippen LogP) is -0.419. The van der Waals surface area contributed by atoms with Gasteiger partial charge in [-0.25, -0.2) is 0 Å². The highest BCUT2D eigenvalue weighted by Gasteiger charge is 2.08. The SMILES string of the molecule is CCN(CC)C(=O)CNCCC(=O)NC. The van der Waals surface area contributed by atoms with Gasteiger partial charge in [0, 0.05) is 33.1 Å². The van der Waals surface area contributed by atoms with E-state index < -0.39 is 0 Å². The average Bonchev–Trinajstić information content (AvgIpc) is 2.25. The number of likely N-dealkylation sites (N-methyl/N-ethyl adjacent to an activating group) is 1. The molecule has 15 heavy (non-hydrogen) atoms. The summed E-state index contributed by atoms with van der Waals surface area (Å²) in [5.74, 6) is 0.0645. The van der Waals surface area contributed by atoms with Crippen molar-refractivity contribution >= 4 is 11.8 Å². The minimum atomic E-state index is -0.0159. The molecular formula is C10H21N3O2. The third-order valence-corrected chi connectivity index (χ3v) is 2.20. The van der Waals surface area contributed by atoms with E-state index in [-0.39, 0.29) is 11.8 Å². The number of carbonyl (C=O) groups is 2. The van der Waals surface area contributed by atoms with Crippen LogP contribution in [0.5, 0.6) is 0 Å². The van der Waals surface area contributed by atoms with Gasteiger partial charge in [0.05, 0.1) is 6.54 Å². The van der Waals surface area contributed by atoms with Crippen LogP contribution in [-0.4, -0.2) is 49.9 Å². The third kappa shape index (κ3) is 6.06. The van der Waals surface area contributed by atoms with Gasteiger partial charge in [-0.2, -0.15) is 0 Å². The fraction of sp³-hybridized carbons (Fsp3) is 0.800. The first-order valence-electron chi connectivity index (χ1n) is 5.34. The maximum absolute atomic E-state index is 11.5. The molecule has 0 aliphatic carbocycles. The highest BCUT2D eigenvalue weighted by atomic mass is 16.2. The summed E-state index contributed by atoms with van der Waals surface area (Å²) in [5.41, 5.74) is 0. The Morgan fingerprint density at radius 3 is 2.27 bits per heavy atom. The third-order valence-electron chi connectivity index (χ3n) is 2.20. The van der Waals surface area contributed by atoms with Gasteiger partial charge in [0.25, 0.3) is 0 Å². The summed E-state index contributed by atoms with van der Waals surface area (Å²) in [6.07, 6.45) is 0.405. The van der Waals surface area contributed by atoms with Crippen molar-refractivity contribution < 1.29 is 9.59 Å². The summed E-state index contributed by atoms with van der Waals surface area (Å²) in [5, 5.41) is 5.47. The number of hydrogen-bond acceptors (Lipinski definition) is 3. The van der Waals surface area contributed by atoms with Crippen LogP contribution in [0.15, 0.2) is 0 Å². The fourth-order valence-electron chi connectivity index (χ4n) is 1.21. The van der Waals surface area contributed by atoms with Crippen molar-refractivity contribution in [2.24, 2.45) is 0 Å².